The first-order valence-corrected chi connectivity index (χ1v) is 9.98. The highest BCUT2D eigenvalue weighted by atomic mass is 32.2. The minimum absolute atomic E-state index is 0.0954. The Bertz CT molecular complexity index is 578. The summed E-state index contributed by atoms with van der Waals surface area (Å²) in [5.41, 5.74) is 0.814. The molecule has 3 nitrogen and oxygen atoms in total. The van der Waals surface area contributed by atoms with Gasteiger partial charge in [0, 0.05) is 0 Å². The third kappa shape index (κ3) is 5.27. The predicted octanol–water partition coefficient (Wildman–Crippen LogP) is 3.90. The van der Waals surface area contributed by atoms with Crippen LogP contribution in [0.3, 0.4) is 0 Å². The summed E-state index contributed by atoms with van der Waals surface area (Å²) in [5.74, 6) is 0.234. The van der Waals surface area contributed by atoms with E-state index in [2.05, 4.69) is 0 Å². The SMILES string of the molecule is CCCCS(=O)(=O)CCc1ccc(F)c(OC2CCCC2)c1. The summed E-state index contributed by atoms with van der Waals surface area (Å²) in [4.78, 5) is 0. The molecule has 0 atom stereocenters. The number of hydrogen-bond donors (Lipinski definition) is 0. The van der Waals surface area contributed by atoms with Crippen LogP contribution in [-0.4, -0.2) is 26.0 Å². The molecule has 1 aliphatic carbocycles. The van der Waals surface area contributed by atoms with Crippen molar-refractivity contribution in [1.29, 1.82) is 0 Å². The number of aryl methyl sites for hydroxylation is 1. The third-order valence-electron chi connectivity index (χ3n) is 4.10. The molecular weight excluding hydrogens is 303 g/mol. The maximum atomic E-state index is 13.8. The highest BCUT2D eigenvalue weighted by Crippen LogP contribution is 2.27. The van der Waals surface area contributed by atoms with E-state index in [4.69, 9.17) is 4.74 Å². The molecule has 0 amide bonds. The minimum atomic E-state index is -3.02. The van der Waals surface area contributed by atoms with Crippen LogP contribution in [0.1, 0.15) is 51.0 Å². The zero-order chi connectivity index (χ0) is 16.0. The lowest BCUT2D eigenvalue weighted by molar-refractivity contribution is 0.200. The first-order chi connectivity index (χ1) is 10.5. The van der Waals surface area contributed by atoms with Crippen LogP contribution in [0, 0.1) is 5.82 Å². The van der Waals surface area contributed by atoms with Gasteiger partial charge in [-0.1, -0.05) is 19.4 Å². The first kappa shape index (κ1) is 17.3. The molecule has 1 fully saturated rings. The molecule has 1 aliphatic rings. The first-order valence-electron chi connectivity index (χ1n) is 8.15. The molecule has 0 aromatic heterocycles. The van der Waals surface area contributed by atoms with E-state index < -0.39 is 9.84 Å². The molecular formula is C17H25FO3S. The Hall–Kier alpha value is -1.10. The van der Waals surface area contributed by atoms with E-state index in [0.717, 1.165) is 37.7 Å². The Kier molecular flexibility index (Phi) is 6.24. The molecule has 0 unspecified atom stereocenters. The van der Waals surface area contributed by atoms with Gasteiger partial charge in [0.25, 0.3) is 0 Å². The molecule has 0 aliphatic heterocycles. The van der Waals surface area contributed by atoms with Gasteiger partial charge in [-0.05, 0) is 56.2 Å². The molecule has 2 rings (SSSR count). The summed E-state index contributed by atoms with van der Waals surface area (Å²) in [6.07, 6.45) is 6.26. The van der Waals surface area contributed by atoms with Crippen molar-refractivity contribution in [2.24, 2.45) is 0 Å². The van der Waals surface area contributed by atoms with Crippen LogP contribution in [0.15, 0.2) is 18.2 Å². The topological polar surface area (TPSA) is 43.4 Å². The standard InChI is InChI=1S/C17H25FO3S/c1-2-3-11-22(19,20)12-10-14-8-9-16(18)17(13-14)21-15-6-4-5-7-15/h8-9,13,15H,2-7,10-12H2,1H3. The number of rotatable bonds is 8. The number of unbranched alkanes of at least 4 members (excludes halogenated alkanes) is 1. The van der Waals surface area contributed by atoms with Gasteiger partial charge in [-0.2, -0.15) is 0 Å². The zero-order valence-electron chi connectivity index (χ0n) is 13.2. The summed E-state index contributed by atoms with van der Waals surface area (Å²) in [6.45, 7) is 1.97. The maximum absolute atomic E-state index is 13.8. The molecule has 0 radical (unpaired) electrons. The molecule has 0 N–H and O–H groups in total. The molecule has 0 heterocycles. The van der Waals surface area contributed by atoms with E-state index in [0.29, 0.717) is 12.8 Å². The van der Waals surface area contributed by atoms with Crippen molar-refractivity contribution in [3.63, 3.8) is 0 Å². The summed E-state index contributed by atoms with van der Waals surface area (Å²) in [5, 5.41) is 0. The summed E-state index contributed by atoms with van der Waals surface area (Å²) < 4.78 is 43.3. The van der Waals surface area contributed by atoms with Crippen molar-refractivity contribution in [1.82, 2.24) is 0 Å². The number of hydrogen-bond acceptors (Lipinski definition) is 3. The lowest BCUT2D eigenvalue weighted by Gasteiger charge is -2.14. The van der Waals surface area contributed by atoms with Gasteiger partial charge in [0.1, 0.15) is 0 Å². The lowest BCUT2D eigenvalue weighted by Crippen LogP contribution is -2.14. The average Bonchev–Trinajstić information content (AvgIpc) is 2.99. The van der Waals surface area contributed by atoms with Crippen LogP contribution < -0.4 is 4.74 Å². The molecule has 0 bridgehead atoms. The second kappa shape index (κ2) is 7.95. The molecule has 22 heavy (non-hydrogen) atoms. The molecule has 1 saturated carbocycles. The van der Waals surface area contributed by atoms with E-state index in [1.165, 1.54) is 6.07 Å². The van der Waals surface area contributed by atoms with Gasteiger partial charge in [-0.15, -0.1) is 0 Å². The quantitative estimate of drug-likeness (QED) is 0.727. The molecule has 0 spiro atoms. The van der Waals surface area contributed by atoms with E-state index >= 15 is 0 Å². The van der Waals surface area contributed by atoms with Crippen LogP contribution in [0.4, 0.5) is 4.39 Å². The minimum Gasteiger partial charge on any atom is -0.487 e. The highest BCUT2D eigenvalue weighted by molar-refractivity contribution is 7.91. The van der Waals surface area contributed by atoms with E-state index in [9.17, 15) is 12.8 Å². The van der Waals surface area contributed by atoms with Crippen molar-refractivity contribution in [3.8, 4) is 5.75 Å². The fourth-order valence-electron chi connectivity index (χ4n) is 2.72. The van der Waals surface area contributed by atoms with Crippen LogP contribution in [0.5, 0.6) is 5.75 Å². The van der Waals surface area contributed by atoms with E-state index in [1.807, 2.05) is 6.92 Å². The summed E-state index contributed by atoms with van der Waals surface area (Å²) >= 11 is 0. The monoisotopic (exact) mass is 328 g/mol. The number of benzene rings is 1. The van der Waals surface area contributed by atoms with Crippen LogP contribution >= 0.6 is 0 Å². The Morgan fingerprint density at radius 2 is 1.95 bits per heavy atom. The van der Waals surface area contributed by atoms with E-state index in [1.54, 1.807) is 12.1 Å². The van der Waals surface area contributed by atoms with Gasteiger partial charge in [0.2, 0.25) is 0 Å². The smallest absolute Gasteiger partial charge is 0.165 e. The van der Waals surface area contributed by atoms with Gasteiger partial charge in [0.05, 0.1) is 17.6 Å². The third-order valence-corrected chi connectivity index (χ3v) is 5.84. The van der Waals surface area contributed by atoms with Gasteiger partial charge in [-0.25, -0.2) is 12.8 Å². The number of sulfone groups is 1. The summed E-state index contributed by atoms with van der Waals surface area (Å²) in [7, 11) is -3.02. The van der Waals surface area contributed by atoms with Gasteiger partial charge in [-0.3, -0.25) is 0 Å². The maximum Gasteiger partial charge on any atom is 0.165 e. The predicted molar refractivity (Wildman–Crippen MR) is 86.5 cm³/mol. The van der Waals surface area contributed by atoms with E-state index in [-0.39, 0.29) is 29.2 Å². The van der Waals surface area contributed by atoms with Crippen LogP contribution in [0.2, 0.25) is 0 Å². The van der Waals surface area contributed by atoms with Crippen molar-refractivity contribution in [2.75, 3.05) is 11.5 Å². The normalized spacial score (nSPS) is 16.1. The molecule has 5 heteroatoms. The molecule has 0 saturated heterocycles. The summed E-state index contributed by atoms with van der Waals surface area (Å²) in [6, 6.07) is 4.67. The largest absolute Gasteiger partial charge is 0.487 e. The van der Waals surface area contributed by atoms with Gasteiger partial charge < -0.3 is 4.74 Å². The van der Waals surface area contributed by atoms with Gasteiger partial charge >= 0.3 is 0 Å². The average molecular weight is 328 g/mol. The molecule has 1 aromatic rings. The van der Waals surface area contributed by atoms with Crippen molar-refractivity contribution in [3.05, 3.63) is 29.6 Å². The van der Waals surface area contributed by atoms with Gasteiger partial charge in [0.15, 0.2) is 21.4 Å². The van der Waals surface area contributed by atoms with Crippen molar-refractivity contribution in [2.45, 2.75) is 58.0 Å². The lowest BCUT2D eigenvalue weighted by atomic mass is 10.1. The van der Waals surface area contributed by atoms with Crippen LogP contribution in [0.25, 0.3) is 0 Å². The number of halogens is 1. The number of ether oxygens (including phenoxy) is 1. The van der Waals surface area contributed by atoms with Crippen molar-refractivity contribution >= 4 is 9.84 Å². The Balaban J connectivity index is 1.96. The highest BCUT2D eigenvalue weighted by Gasteiger charge is 2.18. The Morgan fingerprint density at radius 1 is 1.23 bits per heavy atom. The van der Waals surface area contributed by atoms with Crippen LogP contribution in [-0.2, 0) is 16.3 Å². The Labute approximate surface area is 132 Å². The fourth-order valence-corrected chi connectivity index (χ4v) is 4.20. The zero-order valence-corrected chi connectivity index (χ0v) is 14.0. The second-order valence-electron chi connectivity index (χ2n) is 6.04. The molecule has 1 aromatic carbocycles. The Morgan fingerprint density at radius 3 is 2.64 bits per heavy atom. The second-order valence-corrected chi connectivity index (χ2v) is 8.35. The fraction of sp³-hybridized carbons (Fsp3) is 0.647. The molecule has 124 valence electrons. The van der Waals surface area contributed by atoms with Crippen molar-refractivity contribution < 1.29 is 17.5 Å².